The molecular formula is C11H11NO3. The molecule has 1 aliphatic rings. The van der Waals surface area contributed by atoms with Crippen LogP contribution in [0, 0.1) is 11.3 Å². The van der Waals surface area contributed by atoms with E-state index in [1.54, 1.807) is 6.92 Å². The SMILES string of the molecule is CC(C#N)OCc1ccc2c(c1)OCO2. The fourth-order valence-corrected chi connectivity index (χ4v) is 1.29. The van der Waals surface area contributed by atoms with Crippen molar-refractivity contribution in [2.24, 2.45) is 0 Å². The second-order valence-electron chi connectivity index (χ2n) is 3.27. The van der Waals surface area contributed by atoms with E-state index in [9.17, 15) is 0 Å². The van der Waals surface area contributed by atoms with Gasteiger partial charge in [-0.1, -0.05) is 6.07 Å². The van der Waals surface area contributed by atoms with Gasteiger partial charge in [-0.3, -0.25) is 0 Å². The van der Waals surface area contributed by atoms with E-state index in [1.807, 2.05) is 24.3 Å². The summed E-state index contributed by atoms with van der Waals surface area (Å²) < 4.78 is 15.7. The van der Waals surface area contributed by atoms with Gasteiger partial charge in [0.15, 0.2) is 11.5 Å². The molecule has 0 bridgehead atoms. The molecule has 2 rings (SSSR count). The molecule has 1 unspecified atom stereocenters. The highest BCUT2D eigenvalue weighted by atomic mass is 16.7. The molecule has 1 heterocycles. The van der Waals surface area contributed by atoms with Crippen molar-refractivity contribution in [3.05, 3.63) is 23.8 Å². The summed E-state index contributed by atoms with van der Waals surface area (Å²) in [6.07, 6.45) is -0.393. The quantitative estimate of drug-likeness (QED) is 0.755. The van der Waals surface area contributed by atoms with Gasteiger partial charge in [-0.15, -0.1) is 0 Å². The molecule has 4 heteroatoms. The van der Waals surface area contributed by atoms with Crippen molar-refractivity contribution in [2.75, 3.05) is 6.79 Å². The van der Waals surface area contributed by atoms with Crippen molar-refractivity contribution >= 4 is 0 Å². The zero-order chi connectivity index (χ0) is 10.7. The highest BCUT2D eigenvalue weighted by Gasteiger charge is 2.13. The molecule has 0 aromatic heterocycles. The Kier molecular flexibility index (Phi) is 2.75. The second-order valence-corrected chi connectivity index (χ2v) is 3.27. The normalized spacial score (nSPS) is 14.7. The van der Waals surface area contributed by atoms with Gasteiger partial charge in [-0.05, 0) is 24.6 Å². The molecule has 1 aliphatic heterocycles. The van der Waals surface area contributed by atoms with E-state index >= 15 is 0 Å². The lowest BCUT2D eigenvalue weighted by Crippen LogP contribution is -2.04. The summed E-state index contributed by atoms with van der Waals surface area (Å²) in [5.74, 6) is 1.49. The number of nitriles is 1. The summed E-state index contributed by atoms with van der Waals surface area (Å²) >= 11 is 0. The average molecular weight is 205 g/mol. The molecule has 0 N–H and O–H groups in total. The van der Waals surface area contributed by atoms with Gasteiger partial charge in [0.2, 0.25) is 6.79 Å². The summed E-state index contributed by atoms with van der Waals surface area (Å²) in [5.41, 5.74) is 0.973. The smallest absolute Gasteiger partial charge is 0.231 e. The fraction of sp³-hybridized carbons (Fsp3) is 0.364. The first-order valence-corrected chi connectivity index (χ1v) is 4.69. The Morgan fingerprint density at radius 2 is 2.27 bits per heavy atom. The van der Waals surface area contributed by atoms with Crippen LogP contribution in [0.5, 0.6) is 11.5 Å². The predicted molar refractivity (Wildman–Crippen MR) is 52.4 cm³/mol. The predicted octanol–water partition coefficient (Wildman–Crippen LogP) is 1.84. The minimum absolute atomic E-state index is 0.272. The summed E-state index contributed by atoms with van der Waals surface area (Å²) in [6, 6.07) is 7.62. The van der Waals surface area contributed by atoms with E-state index < -0.39 is 6.10 Å². The molecule has 4 nitrogen and oxygen atoms in total. The molecule has 78 valence electrons. The van der Waals surface area contributed by atoms with E-state index in [-0.39, 0.29) is 6.79 Å². The first-order valence-electron chi connectivity index (χ1n) is 4.69. The molecular weight excluding hydrogens is 194 g/mol. The highest BCUT2D eigenvalue weighted by Crippen LogP contribution is 2.32. The van der Waals surface area contributed by atoms with Crippen LogP contribution in [0.15, 0.2) is 18.2 Å². The molecule has 1 aromatic carbocycles. The van der Waals surface area contributed by atoms with Gasteiger partial charge in [0.1, 0.15) is 6.10 Å². The van der Waals surface area contributed by atoms with Crippen molar-refractivity contribution in [2.45, 2.75) is 19.6 Å². The lowest BCUT2D eigenvalue weighted by Gasteiger charge is -2.06. The molecule has 0 saturated heterocycles. The Morgan fingerprint density at radius 3 is 3.07 bits per heavy atom. The minimum Gasteiger partial charge on any atom is -0.454 e. The number of hydrogen-bond acceptors (Lipinski definition) is 4. The van der Waals surface area contributed by atoms with Crippen LogP contribution in [0.2, 0.25) is 0 Å². The third kappa shape index (κ3) is 2.20. The summed E-state index contributed by atoms with van der Waals surface area (Å²) in [7, 11) is 0. The first-order chi connectivity index (χ1) is 7.29. The van der Waals surface area contributed by atoms with Crippen LogP contribution in [0.3, 0.4) is 0 Å². The largest absolute Gasteiger partial charge is 0.454 e. The number of benzene rings is 1. The Balaban J connectivity index is 2.01. The van der Waals surface area contributed by atoms with E-state index in [1.165, 1.54) is 0 Å². The fourth-order valence-electron chi connectivity index (χ4n) is 1.29. The van der Waals surface area contributed by atoms with Gasteiger partial charge < -0.3 is 14.2 Å². The van der Waals surface area contributed by atoms with Gasteiger partial charge in [0.25, 0.3) is 0 Å². The molecule has 0 amide bonds. The van der Waals surface area contributed by atoms with Crippen molar-refractivity contribution in [3.63, 3.8) is 0 Å². The van der Waals surface area contributed by atoms with Crippen LogP contribution in [0.25, 0.3) is 0 Å². The van der Waals surface area contributed by atoms with Crippen LogP contribution >= 0.6 is 0 Å². The van der Waals surface area contributed by atoms with Gasteiger partial charge in [-0.25, -0.2) is 0 Å². The summed E-state index contributed by atoms with van der Waals surface area (Å²) in [5, 5.41) is 8.55. The van der Waals surface area contributed by atoms with Crippen molar-refractivity contribution < 1.29 is 14.2 Å². The maximum atomic E-state index is 8.55. The average Bonchev–Trinajstić information content (AvgIpc) is 2.72. The summed E-state index contributed by atoms with van der Waals surface area (Å²) in [6.45, 7) is 2.40. The van der Waals surface area contributed by atoms with E-state index in [2.05, 4.69) is 0 Å². The number of fused-ring (bicyclic) bond motifs is 1. The molecule has 15 heavy (non-hydrogen) atoms. The van der Waals surface area contributed by atoms with Crippen molar-refractivity contribution in [3.8, 4) is 17.6 Å². The van der Waals surface area contributed by atoms with E-state index in [0.717, 1.165) is 17.1 Å². The monoisotopic (exact) mass is 205 g/mol. The standard InChI is InChI=1S/C11H11NO3/c1-8(5-12)13-6-9-2-3-10-11(4-9)15-7-14-10/h2-4,8H,6-7H2,1H3. The summed E-state index contributed by atoms with van der Waals surface area (Å²) in [4.78, 5) is 0. The Labute approximate surface area is 88.0 Å². The van der Waals surface area contributed by atoms with Crippen LogP contribution in [0.4, 0.5) is 0 Å². The highest BCUT2D eigenvalue weighted by molar-refractivity contribution is 5.44. The molecule has 0 saturated carbocycles. The maximum Gasteiger partial charge on any atom is 0.231 e. The molecule has 0 fully saturated rings. The van der Waals surface area contributed by atoms with Gasteiger partial charge >= 0.3 is 0 Å². The lowest BCUT2D eigenvalue weighted by atomic mass is 10.2. The topological polar surface area (TPSA) is 51.5 Å². The van der Waals surface area contributed by atoms with E-state index in [4.69, 9.17) is 19.5 Å². The molecule has 0 aliphatic carbocycles. The zero-order valence-electron chi connectivity index (χ0n) is 8.40. The van der Waals surface area contributed by atoms with Crippen LogP contribution in [-0.2, 0) is 11.3 Å². The van der Waals surface area contributed by atoms with Gasteiger partial charge in [0.05, 0.1) is 12.7 Å². The number of rotatable bonds is 3. The molecule has 1 aromatic rings. The lowest BCUT2D eigenvalue weighted by molar-refractivity contribution is 0.0886. The van der Waals surface area contributed by atoms with Crippen molar-refractivity contribution in [1.82, 2.24) is 0 Å². The zero-order valence-corrected chi connectivity index (χ0v) is 8.40. The molecule has 0 radical (unpaired) electrons. The number of ether oxygens (including phenoxy) is 3. The molecule has 0 spiro atoms. The third-order valence-electron chi connectivity index (χ3n) is 2.12. The maximum absolute atomic E-state index is 8.55. The van der Waals surface area contributed by atoms with Crippen LogP contribution in [0.1, 0.15) is 12.5 Å². The van der Waals surface area contributed by atoms with Gasteiger partial charge in [0, 0.05) is 0 Å². The Bertz CT molecular complexity index is 397. The van der Waals surface area contributed by atoms with Crippen LogP contribution < -0.4 is 9.47 Å². The van der Waals surface area contributed by atoms with Crippen LogP contribution in [-0.4, -0.2) is 12.9 Å². The Morgan fingerprint density at radius 1 is 1.47 bits per heavy atom. The van der Waals surface area contributed by atoms with Crippen molar-refractivity contribution in [1.29, 1.82) is 5.26 Å². The number of nitrogens with zero attached hydrogens (tertiary/aromatic N) is 1. The third-order valence-corrected chi connectivity index (χ3v) is 2.12. The molecule has 1 atom stereocenters. The first kappa shape index (κ1) is 9.81. The Hall–Kier alpha value is -1.73. The van der Waals surface area contributed by atoms with Gasteiger partial charge in [-0.2, -0.15) is 5.26 Å². The second kappa shape index (κ2) is 4.20. The number of hydrogen-bond donors (Lipinski definition) is 0. The minimum atomic E-state index is -0.393. The van der Waals surface area contributed by atoms with E-state index in [0.29, 0.717) is 6.61 Å².